The van der Waals surface area contributed by atoms with E-state index >= 15 is 0 Å². The largest absolute Gasteiger partial charge is 0.391 e. The van der Waals surface area contributed by atoms with Crippen LogP contribution in [0.4, 0.5) is 4.39 Å². The monoisotopic (exact) mass is 186 g/mol. The van der Waals surface area contributed by atoms with E-state index in [0.717, 1.165) is 0 Å². The second-order valence-electron chi connectivity index (χ2n) is 1.15. The van der Waals surface area contributed by atoms with Crippen LogP contribution in [0.2, 0.25) is 0 Å². The zero-order chi connectivity index (χ0) is 6.41. The summed E-state index contributed by atoms with van der Waals surface area (Å²) in [6.07, 6.45) is -1.52. The van der Waals surface area contributed by atoms with Gasteiger partial charge in [0.15, 0.2) is 0 Å². The van der Waals surface area contributed by atoms with E-state index in [-0.39, 0.29) is 0 Å². The van der Waals surface area contributed by atoms with Crippen molar-refractivity contribution < 1.29 is 14.2 Å². The van der Waals surface area contributed by atoms with E-state index in [2.05, 4.69) is 20.7 Å². The van der Waals surface area contributed by atoms with Gasteiger partial charge in [-0.3, -0.25) is 0 Å². The van der Waals surface area contributed by atoms with Gasteiger partial charge in [0.25, 0.3) is 0 Å². The number of hydrogen-bond acceptors (Lipinski definition) is 2. The summed E-state index contributed by atoms with van der Waals surface area (Å²) in [7, 11) is 0. The standard InChI is InChI=1S/C4H8BrFO2/c5-1-2-8-4(6)3-7/h4,7H,1-3H2. The lowest BCUT2D eigenvalue weighted by molar-refractivity contribution is -0.0632. The Kier molecular flexibility index (Phi) is 5.69. The molecule has 1 unspecified atom stereocenters. The van der Waals surface area contributed by atoms with Crippen LogP contribution < -0.4 is 0 Å². The van der Waals surface area contributed by atoms with E-state index in [1.165, 1.54) is 0 Å². The first-order valence-electron chi connectivity index (χ1n) is 2.23. The quantitative estimate of drug-likeness (QED) is 0.656. The normalized spacial score (nSPS) is 13.9. The summed E-state index contributed by atoms with van der Waals surface area (Å²) in [6, 6.07) is 0. The van der Waals surface area contributed by atoms with E-state index in [4.69, 9.17) is 5.11 Å². The average Bonchev–Trinajstić information content (AvgIpc) is 1.83. The Morgan fingerprint density at radius 2 is 2.38 bits per heavy atom. The number of halogens is 2. The highest BCUT2D eigenvalue weighted by molar-refractivity contribution is 9.09. The highest BCUT2D eigenvalue weighted by atomic mass is 79.9. The summed E-state index contributed by atoms with van der Waals surface area (Å²) < 4.78 is 16.2. The van der Waals surface area contributed by atoms with Gasteiger partial charge in [-0.25, -0.2) is 4.39 Å². The molecule has 0 rings (SSSR count). The van der Waals surface area contributed by atoms with Crippen LogP contribution in [-0.4, -0.2) is 30.0 Å². The van der Waals surface area contributed by atoms with Crippen molar-refractivity contribution in [3.05, 3.63) is 0 Å². The van der Waals surface area contributed by atoms with Gasteiger partial charge >= 0.3 is 0 Å². The SMILES string of the molecule is OCC(F)OCCBr. The minimum Gasteiger partial charge on any atom is -0.391 e. The van der Waals surface area contributed by atoms with Gasteiger partial charge < -0.3 is 9.84 Å². The third kappa shape index (κ3) is 4.49. The van der Waals surface area contributed by atoms with Gasteiger partial charge in [0.2, 0.25) is 6.36 Å². The third-order valence-corrected chi connectivity index (χ3v) is 0.843. The molecule has 0 spiro atoms. The molecule has 0 aliphatic heterocycles. The van der Waals surface area contributed by atoms with Gasteiger partial charge in [0.05, 0.1) is 13.2 Å². The summed E-state index contributed by atoms with van der Waals surface area (Å²) >= 11 is 3.03. The maximum Gasteiger partial charge on any atom is 0.222 e. The Balaban J connectivity index is 2.86. The molecule has 0 aromatic rings. The minimum absolute atomic E-state index is 0.293. The summed E-state index contributed by atoms with van der Waals surface area (Å²) in [5, 5.41) is 8.64. The summed E-state index contributed by atoms with van der Waals surface area (Å²) in [5.41, 5.74) is 0. The molecule has 0 fully saturated rings. The molecule has 0 radical (unpaired) electrons. The van der Waals surface area contributed by atoms with E-state index in [0.29, 0.717) is 11.9 Å². The fourth-order valence-corrected chi connectivity index (χ4v) is 0.412. The third-order valence-electron chi connectivity index (χ3n) is 0.519. The van der Waals surface area contributed by atoms with Gasteiger partial charge in [-0.15, -0.1) is 0 Å². The van der Waals surface area contributed by atoms with Gasteiger partial charge in [-0.1, -0.05) is 15.9 Å². The smallest absolute Gasteiger partial charge is 0.222 e. The Bertz CT molecular complexity index is 53.3. The van der Waals surface area contributed by atoms with Crippen molar-refractivity contribution in [2.75, 3.05) is 18.5 Å². The molecule has 0 bridgehead atoms. The Labute approximate surface area is 55.8 Å². The van der Waals surface area contributed by atoms with Crippen molar-refractivity contribution in [1.82, 2.24) is 0 Å². The number of aliphatic hydroxyl groups excluding tert-OH is 1. The first-order chi connectivity index (χ1) is 3.81. The molecular weight excluding hydrogens is 179 g/mol. The first kappa shape index (κ1) is 8.33. The zero-order valence-corrected chi connectivity index (χ0v) is 5.90. The van der Waals surface area contributed by atoms with Crippen LogP contribution in [0.15, 0.2) is 0 Å². The van der Waals surface area contributed by atoms with Gasteiger partial charge in [-0.2, -0.15) is 0 Å². The van der Waals surface area contributed by atoms with Crippen molar-refractivity contribution >= 4 is 15.9 Å². The molecule has 0 saturated carbocycles. The molecule has 8 heavy (non-hydrogen) atoms. The lowest BCUT2D eigenvalue weighted by Crippen LogP contribution is -2.12. The predicted octanol–water partition coefficient (Wildman–Crippen LogP) is 0.686. The molecule has 2 nitrogen and oxygen atoms in total. The number of hydrogen-bond donors (Lipinski definition) is 1. The number of aliphatic hydroxyl groups is 1. The highest BCUT2D eigenvalue weighted by Crippen LogP contribution is 1.91. The van der Waals surface area contributed by atoms with Crippen LogP contribution in [0.5, 0.6) is 0 Å². The molecular formula is C4H8BrFO2. The van der Waals surface area contributed by atoms with Gasteiger partial charge in [-0.05, 0) is 0 Å². The minimum atomic E-state index is -1.52. The molecule has 0 aromatic heterocycles. The van der Waals surface area contributed by atoms with Crippen LogP contribution in [0.1, 0.15) is 0 Å². The molecule has 0 aromatic carbocycles. The van der Waals surface area contributed by atoms with E-state index in [1.807, 2.05) is 0 Å². The van der Waals surface area contributed by atoms with E-state index in [1.54, 1.807) is 0 Å². The predicted molar refractivity (Wildman–Crippen MR) is 31.7 cm³/mol. The number of rotatable bonds is 4. The van der Waals surface area contributed by atoms with Crippen molar-refractivity contribution in [3.63, 3.8) is 0 Å². The molecule has 1 atom stereocenters. The van der Waals surface area contributed by atoms with Crippen LogP contribution in [0.25, 0.3) is 0 Å². The molecule has 0 aliphatic carbocycles. The van der Waals surface area contributed by atoms with Crippen LogP contribution in [0.3, 0.4) is 0 Å². The zero-order valence-electron chi connectivity index (χ0n) is 4.31. The number of alkyl halides is 2. The molecule has 0 heterocycles. The van der Waals surface area contributed by atoms with Crippen LogP contribution >= 0.6 is 15.9 Å². The summed E-state index contributed by atoms with van der Waals surface area (Å²) in [4.78, 5) is 0. The maximum absolute atomic E-state index is 11.8. The molecule has 4 heteroatoms. The topological polar surface area (TPSA) is 29.5 Å². The van der Waals surface area contributed by atoms with Crippen molar-refractivity contribution in [2.24, 2.45) is 0 Å². The lowest BCUT2D eigenvalue weighted by Gasteiger charge is -2.02. The second kappa shape index (κ2) is 5.47. The Morgan fingerprint density at radius 3 is 2.75 bits per heavy atom. The van der Waals surface area contributed by atoms with Gasteiger partial charge in [0.1, 0.15) is 0 Å². The first-order valence-corrected chi connectivity index (χ1v) is 3.36. The second-order valence-corrected chi connectivity index (χ2v) is 1.95. The molecule has 0 amide bonds. The maximum atomic E-state index is 11.8. The van der Waals surface area contributed by atoms with E-state index < -0.39 is 13.0 Å². The van der Waals surface area contributed by atoms with Gasteiger partial charge in [0, 0.05) is 5.33 Å². The molecule has 0 aliphatic rings. The van der Waals surface area contributed by atoms with E-state index in [9.17, 15) is 4.39 Å². The Hall–Kier alpha value is 0.330. The summed E-state index contributed by atoms with van der Waals surface area (Å²) in [6.45, 7) is -0.269. The summed E-state index contributed by atoms with van der Waals surface area (Å²) in [5.74, 6) is 0. The fourth-order valence-electron chi connectivity index (χ4n) is 0.225. The lowest BCUT2D eigenvalue weighted by atomic mass is 10.7. The molecule has 50 valence electrons. The van der Waals surface area contributed by atoms with Crippen LogP contribution in [0, 0.1) is 0 Å². The fraction of sp³-hybridized carbons (Fsp3) is 1.00. The highest BCUT2D eigenvalue weighted by Gasteiger charge is 2.00. The van der Waals surface area contributed by atoms with Crippen molar-refractivity contribution in [1.29, 1.82) is 0 Å². The molecule has 0 saturated heterocycles. The Morgan fingerprint density at radius 1 is 1.75 bits per heavy atom. The average molecular weight is 187 g/mol. The van der Waals surface area contributed by atoms with Crippen molar-refractivity contribution in [3.8, 4) is 0 Å². The van der Waals surface area contributed by atoms with Crippen LogP contribution in [-0.2, 0) is 4.74 Å². The molecule has 1 N–H and O–H groups in total. The number of ether oxygens (including phenoxy) is 1. The van der Waals surface area contributed by atoms with Crippen molar-refractivity contribution in [2.45, 2.75) is 6.36 Å².